The van der Waals surface area contributed by atoms with E-state index in [0.717, 1.165) is 19.5 Å². The van der Waals surface area contributed by atoms with Crippen LogP contribution in [0.1, 0.15) is 27.2 Å². The molecule has 3 nitrogen and oxygen atoms in total. The zero-order valence-corrected chi connectivity index (χ0v) is 10.0. The fraction of sp³-hybridized carbons (Fsp3) is 0.909. The predicted octanol–water partition coefficient (Wildman–Crippen LogP) is 1.77. The second-order valence-corrected chi connectivity index (χ2v) is 4.24. The summed E-state index contributed by atoms with van der Waals surface area (Å²) in [5.74, 6) is 0.557. The van der Waals surface area contributed by atoms with E-state index in [4.69, 9.17) is 4.74 Å². The first kappa shape index (κ1) is 13.4. The molecule has 0 aliphatic heterocycles. The Labute approximate surface area is 87.4 Å². The Hall–Kier alpha value is -0.570. The van der Waals surface area contributed by atoms with Gasteiger partial charge in [0.1, 0.15) is 0 Å². The van der Waals surface area contributed by atoms with E-state index in [9.17, 15) is 4.79 Å². The summed E-state index contributed by atoms with van der Waals surface area (Å²) in [4.78, 5) is 13.5. The molecule has 0 aliphatic rings. The van der Waals surface area contributed by atoms with Crippen LogP contribution in [0.2, 0.25) is 0 Å². The van der Waals surface area contributed by atoms with Crippen LogP contribution < -0.4 is 0 Å². The molecule has 0 aliphatic carbocycles. The Balaban J connectivity index is 3.98. The van der Waals surface area contributed by atoms with Gasteiger partial charge >= 0.3 is 5.97 Å². The molecule has 0 fully saturated rings. The van der Waals surface area contributed by atoms with Crippen LogP contribution in [0.3, 0.4) is 0 Å². The van der Waals surface area contributed by atoms with Gasteiger partial charge in [-0.25, -0.2) is 0 Å². The Morgan fingerprint density at radius 2 is 1.93 bits per heavy atom. The molecule has 0 saturated carbocycles. The maximum absolute atomic E-state index is 11.3. The topological polar surface area (TPSA) is 29.5 Å². The molecule has 0 radical (unpaired) electrons. The number of methoxy groups -OCH3 is 1. The van der Waals surface area contributed by atoms with E-state index < -0.39 is 0 Å². The minimum Gasteiger partial charge on any atom is -0.469 e. The average Bonchev–Trinajstić information content (AvgIpc) is 2.11. The van der Waals surface area contributed by atoms with Crippen molar-refractivity contribution in [2.45, 2.75) is 27.2 Å². The largest absolute Gasteiger partial charge is 0.469 e. The van der Waals surface area contributed by atoms with Crippen LogP contribution in [0.4, 0.5) is 0 Å². The first-order valence-corrected chi connectivity index (χ1v) is 5.27. The first-order valence-electron chi connectivity index (χ1n) is 5.27. The molecule has 0 aromatic carbocycles. The van der Waals surface area contributed by atoms with Gasteiger partial charge < -0.3 is 9.64 Å². The Morgan fingerprint density at radius 3 is 2.29 bits per heavy atom. The summed E-state index contributed by atoms with van der Waals surface area (Å²) in [7, 11) is 3.50. The second kappa shape index (κ2) is 6.82. The second-order valence-electron chi connectivity index (χ2n) is 4.24. The van der Waals surface area contributed by atoms with Gasteiger partial charge in [0.25, 0.3) is 0 Å². The van der Waals surface area contributed by atoms with Gasteiger partial charge in [0.05, 0.1) is 13.0 Å². The molecule has 14 heavy (non-hydrogen) atoms. The molecule has 3 heteroatoms. The van der Waals surface area contributed by atoms with Crippen LogP contribution in [0, 0.1) is 11.8 Å². The third kappa shape index (κ3) is 5.22. The third-order valence-corrected chi connectivity index (χ3v) is 2.24. The van der Waals surface area contributed by atoms with Gasteiger partial charge in [0, 0.05) is 13.1 Å². The van der Waals surface area contributed by atoms with Crippen molar-refractivity contribution < 1.29 is 9.53 Å². The number of carbonyl (C=O) groups excluding carboxylic acids is 1. The van der Waals surface area contributed by atoms with Crippen LogP contribution in [0.5, 0.6) is 0 Å². The Kier molecular flexibility index (Phi) is 6.54. The highest BCUT2D eigenvalue weighted by Crippen LogP contribution is 2.08. The molecule has 0 saturated heterocycles. The minimum atomic E-state index is -0.0943. The summed E-state index contributed by atoms with van der Waals surface area (Å²) in [5.41, 5.74) is 0. The van der Waals surface area contributed by atoms with Crippen molar-refractivity contribution in [3.05, 3.63) is 0 Å². The summed E-state index contributed by atoms with van der Waals surface area (Å²) in [6.07, 6.45) is 0.842. The summed E-state index contributed by atoms with van der Waals surface area (Å²) in [5, 5.41) is 0. The monoisotopic (exact) mass is 201 g/mol. The zero-order chi connectivity index (χ0) is 11.1. The number of esters is 1. The lowest BCUT2D eigenvalue weighted by Crippen LogP contribution is -2.33. The number of carbonyl (C=O) groups is 1. The van der Waals surface area contributed by atoms with Gasteiger partial charge in [-0.3, -0.25) is 4.79 Å². The van der Waals surface area contributed by atoms with E-state index in [1.165, 1.54) is 7.11 Å². The summed E-state index contributed by atoms with van der Waals surface area (Å²) in [6.45, 7) is 8.19. The summed E-state index contributed by atoms with van der Waals surface area (Å²) in [6, 6.07) is 0. The van der Waals surface area contributed by atoms with Crippen LogP contribution in [-0.2, 0) is 9.53 Å². The van der Waals surface area contributed by atoms with Gasteiger partial charge in [0.15, 0.2) is 0 Å². The lowest BCUT2D eigenvalue weighted by atomic mass is 10.1. The van der Waals surface area contributed by atoms with Crippen molar-refractivity contribution in [3.8, 4) is 0 Å². The molecule has 0 aromatic heterocycles. The molecule has 0 rings (SSSR count). The third-order valence-electron chi connectivity index (χ3n) is 2.24. The minimum absolute atomic E-state index is 0.0174. The van der Waals surface area contributed by atoms with Crippen molar-refractivity contribution >= 4 is 5.97 Å². The van der Waals surface area contributed by atoms with Crippen LogP contribution >= 0.6 is 0 Å². The van der Waals surface area contributed by atoms with Crippen LogP contribution in [-0.4, -0.2) is 38.1 Å². The summed E-state index contributed by atoms with van der Waals surface area (Å²) >= 11 is 0. The maximum atomic E-state index is 11.3. The molecule has 84 valence electrons. The molecule has 0 heterocycles. The van der Waals surface area contributed by atoms with Gasteiger partial charge in [-0.05, 0) is 19.4 Å². The quantitative estimate of drug-likeness (QED) is 0.613. The van der Waals surface area contributed by atoms with Crippen LogP contribution in [0.25, 0.3) is 0 Å². The van der Waals surface area contributed by atoms with E-state index in [1.807, 2.05) is 14.0 Å². The van der Waals surface area contributed by atoms with E-state index in [0.29, 0.717) is 5.92 Å². The highest BCUT2D eigenvalue weighted by Gasteiger charge is 2.18. The zero-order valence-electron chi connectivity index (χ0n) is 10.0. The van der Waals surface area contributed by atoms with Gasteiger partial charge in [-0.2, -0.15) is 0 Å². The van der Waals surface area contributed by atoms with E-state index in [2.05, 4.69) is 18.7 Å². The fourth-order valence-electron chi connectivity index (χ4n) is 1.61. The normalized spacial score (nSPS) is 13.4. The molecule has 0 amide bonds. The number of ether oxygens (including phenoxy) is 1. The standard InChI is InChI=1S/C11H23NO2/c1-6-10(11(13)14-5)8-12(4)7-9(2)3/h9-10H,6-8H2,1-5H3. The van der Waals surface area contributed by atoms with Gasteiger partial charge in [-0.15, -0.1) is 0 Å². The number of rotatable bonds is 6. The lowest BCUT2D eigenvalue weighted by Gasteiger charge is -2.22. The fourth-order valence-corrected chi connectivity index (χ4v) is 1.61. The van der Waals surface area contributed by atoms with Crippen molar-refractivity contribution in [1.82, 2.24) is 4.90 Å². The molecule has 0 aromatic rings. The van der Waals surface area contributed by atoms with Gasteiger partial charge in [-0.1, -0.05) is 20.8 Å². The highest BCUT2D eigenvalue weighted by atomic mass is 16.5. The highest BCUT2D eigenvalue weighted by molar-refractivity contribution is 5.72. The number of hydrogen-bond acceptors (Lipinski definition) is 3. The van der Waals surface area contributed by atoms with Crippen molar-refractivity contribution in [2.75, 3.05) is 27.2 Å². The Bertz CT molecular complexity index is 169. The molecule has 1 unspecified atom stereocenters. The molecule has 0 bridgehead atoms. The number of nitrogens with zero attached hydrogens (tertiary/aromatic N) is 1. The SMILES string of the molecule is CCC(CN(C)CC(C)C)C(=O)OC. The molecular formula is C11H23NO2. The van der Waals surface area contributed by atoms with E-state index >= 15 is 0 Å². The van der Waals surface area contributed by atoms with Crippen LogP contribution in [0.15, 0.2) is 0 Å². The smallest absolute Gasteiger partial charge is 0.309 e. The van der Waals surface area contributed by atoms with Crippen molar-refractivity contribution in [3.63, 3.8) is 0 Å². The van der Waals surface area contributed by atoms with Crippen molar-refractivity contribution in [1.29, 1.82) is 0 Å². The summed E-state index contributed by atoms with van der Waals surface area (Å²) < 4.78 is 4.74. The predicted molar refractivity (Wildman–Crippen MR) is 58.1 cm³/mol. The molecule has 0 N–H and O–H groups in total. The van der Waals surface area contributed by atoms with Gasteiger partial charge in [0.2, 0.25) is 0 Å². The molecule has 1 atom stereocenters. The first-order chi connectivity index (χ1) is 6.51. The average molecular weight is 201 g/mol. The lowest BCUT2D eigenvalue weighted by molar-refractivity contribution is -0.146. The van der Waals surface area contributed by atoms with Crippen molar-refractivity contribution in [2.24, 2.45) is 11.8 Å². The maximum Gasteiger partial charge on any atom is 0.309 e. The van der Waals surface area contributed by atoms with E-state index in [1.54, 1.807) is 0 Å². The van der Waals surface area contributed by atoms with E-state index in [-0.39, 0.29) is 11.9 Å². The molecular weight excluding hydrogens is 178 g/mol. The Morgan fingerprint density at radius 1 is 1.36 bits per heavy atom. The number of hydrogen-bond donors (Lipinski definition) is 0. The molecule has 0 spiro atoms.